The van der Waals surface area contributed by atoms with Gasteiger partial charge in [-0.2, -0.15) is 9.97 Å². The summed E-state index contributed by atoms with van der Waals surface area (Å²) >= 11 is 0. The van der Waals surface area contributed by atoms with Gasteiger partial charge in [0, 0.05) is 82.6 Å². The molecule has 10 nitrogen and oxygen atoms in total. The smallest absolute Gasteiger partial charge is 0.318 e. The number of amides is 1. The molecule has 10 heteroatoms. The SMILES string of the molecule is COCCN(C)CCOc1nc2c(c(N3CCN(C(C)=O)CC3)n1)CCN(c1cc(O)cc3ccccc13)C2. The first-order chi connectivity index (χ1) is 18.9. The van der Waals surface area contributed by atoms with Gasteiger partial charge in [-0.05, 0) is 24.9 Å². The highest BCUT2D eigenvalue weighted by atomic mass is 16.5. The Bertz CT molecular complexity index is 1310. The van der Waals surface area contributed by atoms with E-state index >= 15 is 0 Å². The second kappa shape index (κ2) is 12.0. The molecule has 1 amide bonds. The molecule has 0 radical (unpaired) electrons. The number of anilines is 2. The summed E-state index contributed by atoms with van der Waals surface area (Å²) in [5.74, 6) is 1.27. The number of carbonyl (C=O) groups is 1. The topological polar surface area (TPSA) is 94.5 Å². The van der Waals surface area contributed by atoms with Crippen LogP contribution in [0.15, 0.2) is 36.4 Å². The van der Waals surface area contributed by atoms with E-state index in [1.54, 1.807) is 20.1 Å². The molecule has 0 bridgehead atoms. The first-order valence-electron chi connectivity index (χ1n) is 13.6. The van der Waals surface area contributed by atoms with Crippen molar-refractivity contribution in [2.24, 2.45) is 0 Å². The van der Waals surface area contributed by atoms with Crippen molar-refractivity contribution in [2.45, 2.75) is 19.9 Å². The van der Waals surface area contributed by atoms with E-state index in [2.05, 4.69) is 20.8 Å². The summed E-state index contributed by atoms with van der Waals surface area (Å²) < 4.78 is 11.3. The van der Waals surface area contributed by atoms with Gasteiger partial charge in [-0.15, -0.1) is 0 Å². The molecule has 2 aromatic carbocycles. The Morgan fingerprint density at radius 2 is 1.79 bits per heavy atom. The number of fused-ring (bicyclic) bond motifs is 2. The summed E-state index contributed by atoms with van der Waals surface area (Å²) in [4.78, 5) is 30.2. The van der Waals surface area contributed by atoms with Crippen molar-refractivity contribution < 1.29 is 19.4 Å². The average Bonchev–Trinajstić information content (AvgIpc) is 2.95. The van der Waals surface area contributed by atoms with Crippen molar-refractivity contribution in [1.29, 1.82) is 0 Å². The maximum absolute atomic E-state index is 11.9. The van der Waals surface area contributed by atoms with E-state index < -0.39 is 0 Å². The van der Waals surface area contributed by atoms with Gasteiger partial charge >= 0.3 is 6.01 Å². The molecule has 0 spiro atoms. The number of phenolic OH excluding ortho intramolecular Hbond substituents is 1. The standard InChI is InChI=1S/C29H38N6O4/c1-21(36)33-10-12-34(13-11-33)28-25-8-9-35(27-19-23(37)18-22-6-4-5-7-24(22)27)20-26(25)30-29(31-28)39-17-15-32(2)14-16-38-3/h4-7,18-19,37H,8-17,20H2,1-3H3. The maximum atomic E-state index is 11.9. The van der Waals surface area contributed by atoms with Gasteiger partial charge in [-0.25, -0.2) is 0 Å². The number of benzene rings is 2. The van der Waals surface area contributed by atoms with Gasteiger partial charge in [-0.3, -0.25) is 4.79 Å². The van der Waals surface area contributed by atoms with Gasteiger partial charge in [0.25, 0.3) is 0 Å². The molecule has 2 aliphatic rings. The molecule has 0 aliphatic carbocycles. The summed E-state index contributed by atoms with van der Waals surface area (Å²) in [5.41, 5.74) is 3.07. The monoisotopic (exact) mass is 534 g/mol. The van der Waals surface area contributed by atoms with Crippen LogP contribution >= 0.6 is 0 Å². The number of phenols is 1. The molecule has 2 aliphatic heterocycles. The number of piperazine rings is 1. The van der Waals surface area contributed by atoms with Crippen LogP contribution in [-0.4, -0.2) is 104 Å². The first kappa shape index (κ1) is 27.0. The Labute approximate surface area is 229 Å². The number of carbonyl (C=O) groups excluding carboxylic acids is 1. The van der Waals surface area contributed by atoms with Gasteiger partial charge in [0.05, 0.1) is 18.8 Å². The molecular formula is C29H38N6O4. The molecule has 5 rings (SSSR count). The van der Waals surface area contributed by atoms with Gasteiger partial charge in [0.15, 0.2) is 0 Å². The predicted molar refractivity (Wildman–Crippen MR) is 152 cm³/mol. The summed E-state index contributed by atoms with van der Waals surface area (Å²) in [6.45, 7) is 8.50. The van der Waals surface area contributed by atoms with Crippen LogP contribution in [0.2, 0.25) is 0 Å². The summed E-state index contributed by atoms with van der Waals surface area (Å²) in [6.07, 6.45) is 0.779. The Kier molecular flexibility index (Phi) is 8.33. The van der Waals surface area contributed by atoms with E-state index in [0.717, 1.165) is 72.7 Å². The van der Waals surface area contributed by atoms with Gasteiger partial charge in [-0.1, -0.05) is 24.3 Å². The largest absolute Gasteiger partial charge is 0.508 e. The maximum Gasteiger partial charge on any atom is 0.318 e. The van der Waals surface area contributed by atoms with Crippen LogP contribution in [-0.2, 0) is 22.5 Å². The van der Waals surface area contributed by atoms with Crippen molar-refractivity contribution >= 4 is 28.2 Å². The van der Waals surface area contributed by atoms with Crippen LogP contribution in [0, 0.1) is 0 Å². The minimum absolute atomic E-state index is 0.106. The Balaban J connectivity index is 1.42. The molecule has 0 saturated carbocycles. The molecule has 1 fully saturated rings. The fourth-order valence-corrected chi connectivity index (χ4v) is 5.34. The molecular weight excluding hydrogens is 496 g/mol. The fraction of sp³-hybridized carbons (Fsp3) is 0.483. The number of hydrogen-bond acceptors (Lipinski definition) is 9. The second-order valence-electron chi connectivity index (χ2n) is 10.3. The van der Waals surface area contributed by atoms with E-state index in [-0.39, 0.29) is 11.7 Å². The Morgan fingerprint density at radius 3 is 2.56 bits per heavy atom. The average molecular weight is 535 g/mol. The lowest BCUT2D eigenvalue weighted by molar-refractivity contribution is -0.129. The van der Waals surface area contributed by atoms with Crippen LogP contribution in [0.4, 0.5) is 11.5 Å². The van der Waals surface area contributed by atoms with Gasteiger partial charge in [0.1, 0.15) is 18.2 Å². The van der Waals surface area contributed by atoms with Crippen molar-refractivity contribution in [2.75, 3.05) is 83.0 Å². The number of methoxy groups -OCH3 is 1. The molecule has 3 aromatic rings. The first-order valence-corrected chi connectivity index (χ1v) is 13.6. The molecule has 0 unspecified atom stereocenters. The molecule has 0 atom stereocenters. The quantitative estimate of drug-likeness (QED) is 0.444. The zero-order valence-corrected chi connectivity index (χ0v) is 23.1. The normalized spacial score (nSPS) is 15.6. The fourth-order valence-electron chi connectivity index (χ4n) is 5.34. The second-order valence-corrected chi connectivity index (χ2v) is 10.3. The molecule has 1 N–H and O–H groups in total. The zero-order valence-electron chi connectivity index (χ0n) is 23.1. The number of ether oxygens (including phenoxy) is 2. The van der Waals surface area contributed by atoms with Crippen LogP contribution in [0.1, 0.15) is 18.2 Å². The third-order valence-corrected chi connectivity index (χ3v) is 7.59. The van der Waals surface area contributed by atoms with Crippen molar-refractivity contribution in [3.05, 3.63) is 47.7 Å². The lowest BCUT2D eigenvalue weighted by atomic mass is 10.0. The van der Waals surface area contributed by atoms with E-state index in [9.17, 15) is 9.90 Å². The van der Waals surface area contributed by atoms with Gasteiger partial charge < -0.3 is 34.2 Å². The third-order valence-electron chi connectivity index (χ3n) is 7.59. The van der Waals surface area contributed by atoms with Crippen LogP contribution in [0.25, 0.3) is 10.8 Å². The van der Waals surface area contributed by atoms with Crippen molar-refractivity contribution in [1.82, 2.24) is 19.8 Å². The van der Waals surface area contributed by atoms with Gasteiger partial charge in [0.2, 0.25) is 5.91 Å². The highest BCUT2D eigenvalue weighted by Gasteiger charge is 2.29. The Morgan fingerprint density at radius 1 is 1.03 bits per heavy atom. The molecule has 3 heterocycles. The minimum Gasteiger partial charge on any atom is -0.508 e. The lowest BCUT2D eigenvalue weighted by Crippen LogP contribution is -2.49. The van der Waals surface area contributed by atoms with Crippen LogP contribution in [0.3, 0.4) is 0 Å². The number of nitrogens with zero attached hydrogens (tertiary/aromatic N) is 6. The summed E-state index contributed by atoms with van der Waals surface area (Å²) in [5, 5.41) is 12.5. The minimum atomic E-state index is 0.106. The molecule has 1 saturated heterocycles. The molecule has 39 heavy (non-hydrogen) atoms. The highest BCUT2D eigenvalue weighted by molar-refractivity contribution is 5.95. The highest BCUT2D eigenvalue weighted by Crippen LogP contribution is 2.36. The number of aromatic nitrogens is 2. The van der Waals surface area contributed by atoms with E-state index in [1.165, 1.54) is 0 Å². The van der Waals surface area contributed by atoms with Crippen LogP contribution in [0.5, 0.6) is 11.8 Å². The number of hydrogen-bond donors (Lipinski definition) is 1. The number of likely N-dealkylation sites (N-methyl/N-ethyl adjacent to an activating group) is 1. The van der Waals surface area contributed by atoms with E-state index in [4.69, 9.17) is 19.4 Å². The number of aromatic hydroxyl groups is 1. The van der Waals surface area contributed by atoms with E-state index in [0.29, 0.717) is 38.9 Å². The number of rotatable bonds is 9. The molecule has 208 valence electrons. The third kappa shape index (κ3) is 6.17. The van der Waals surface area contributed by atoms with Crippen LogP contribution < -0.4 is 14.5 Å². The summed E-state index contributed by atoms with van der Waals surface area (Å²) in [6, 6.07) is 12.1. The lowest BCUT2D eigenvalue weighted by Gasteiger charge is -2.38. The van der Waals surface area contributed by atoms with E-state index in [1.807, 2.05) is 36.2 Å². The zero-order chi connectivity index (χ0) is 27.4. The summed E-state index contributed by atoms with van der Waals surface area (Å²) in [7, 11) is 3.74. The molecule has 1 aromatic heterocycles. The van der Waals surface area contributed by atoms with Crippen molar-refractivity contribution in [3.63, 3.8) is 0 Å². The van der Waals surface area contributed by atoms with Crippen molar-refractivity contribution in [3.8, 4) is 11.8 Å². The Hall–Kier alpha value is -3.63. The predicted octanol–water partition coefficient (Wildman–Crippen LogP) is 2.52.